The first-order valence-electron chi connectivity index (χ1n) is 8.32. The van der Waals surface area contributed by atoms with Crippen LogP contribution in [0.5, 0.6) is 0 Å². The van der Waals surface area contributed by atoms with E-state index in [0.29, 0.717) is 11.6 Å². The molecular formula is C18H18F2N4OS. The van der Waals surface area contributed by atoms with Crippen LogP contribution in [0.3, 0.4) is 0 Å². The van der Waals surface area contributed by atoms with Gasteiger partial charge in [-0.15, -0.1) is 11.3 Å². The number of likely N-dealkylation sites (tertiary alicyclic amines) is 1. The van der Waals surface area contributed by atoms with Gasteiger partial charge in [0.25, 0.3) is 6.43 Å². The van der Waals surface area contributed by atoms with Crippen LogP contribution >= 0.6 is 11.3 Å². The van der Waals surface area contributed by atoms with Gasteiger partial charge in [0.1, 0.15) is 12.4 Å². The van der Waals surface area contributed by atoms with Crippen LogP contribution in [0.1, 0.15) is 17.7 Å². The number of hydrogen-bond acceptors (Lipinski definition) is 5. The molecular weight excluding hydrogens is 358 g/mol. The molecule has 0 radical (unpaired) electrons. The minimum Gasteiger partial charge on any atom is -0.341 e. The number of rotatable bonds is 4. The predicted octanol–water partition coefficient (Wildman–Crippen LogP) is 3.71. The van der Waals surface area contributed by atoms with Gasteiger partial charge in [-0.05, 0) is 24.6 Å². The maximum Gasteiger partial charge on any atom is 0.272 e. The van der Waals surface area contributed by atoms with Crippen LogP contribution in [0.25, 0.3) is 10.4 Å². The smallest absolute Gasteiger partial charge is 0.272 e. The molecule has 0 aliphatic carbocycles. The Kier molecular flexibility index (Phi) is 4.14. The first-order valence-corrected chi connectivity index (χ1v) is 9.13. The topological polar surface area (TPSA) is 39.7 Å². The van der Waals surface area contributed by atoms with Gasteiger partial charge in [-0.25, -0.2) is 13.8 Å². The van der Waals surface area contributed by atoms with Crippen molar-refractivity contribution in [3.8, 4) is 10.4 Å². The summed E-state index contributed by atoms with van der Waals surface area (Å²) in [6.07, 6.45) is 0.233. The summed E-state index contributed by atoms with van der Waals surface area (Å²) in [4.78, 5) is 23.1. The van der Waals surface area contributed by atoms with Crippen molar-refractivity contribution >= 4 is 28.7 Å². The lowest BCUT2D eigenvalue weighted by Crippen LogP contribution is -2.47. The molecule has 5 nitrogen and oxygen atoms in total. The number of halogens is 2. The first-order chi connectivity index (χ1) is 12.5. The fourth-order valence-electron chi connectivity index (χ4n) is 3.08. The van der Waals surface area contributed by atoms with Crippen LogP contribution in [0, 0.1) is 0 Å². The van der Waals surface area contributed by atoms with E-state index in [9.17, 15) is 13.6 Å². The summed E-state index contributed by atoms with van der Waals surface area (Å²) in [7, 11) is 1.85. The molecule has 2 aromatic rings. The monoisotopic (exact) mass is 376 g/mol. The van der Waals surface area contributed by atoms with E-state index in [2.05, 4.69) is 11.6 Å². The van der Waals surface area contributed by atoms with E-state index in [1.807, 2.05) is 27.8 Å². The Balaban J connectivity index is 1.65. The molecule has 1 amide bonds. The van der Waals surface area contributed by atoms with Crippen LogP contribution in [-0.2, 0) is 4.79 Å². The summed E-state index contributed by atoms with van der Waals surface area (Å²) in [5.74, 6) is 1.44. The normalized spacial score (nSPS) is 16.3. The highest BCUT2D eigenvalue weighted by Crippen LogP contribution is 2.42. The van der Waals surface area contributed by atoms with Crippen molar-refractivity contribution in [1.29, 1.82) is 0 Å². The number of hydrogen-bond donors (Lipinski definition) is 0. The van der Waals surface area contributed by atoms with Crippen molar-refractivity contribution in [1.82, 2.24) is 9.88 Å². The number of nitrogens with zero attached hydrogens (tertiary/aromatic N) is 4. The van der Waals surface area contributed by atoms with Crippen molar-refractivity contribution in [3.63, 3.8) is 0 Å². The number of carbonyl (C=O) groups is 1. The zero-order valence-electron chi connectivity index (χ0n) is 14.3. The average Bonchev–Trinajstić information content (AvgIpc) is 3.14. The van der Waals surface area contributed by atoms with E-state index >= 15 is 0 Å². The van der Waals surface area contributed by atoms with Crippen LogP contribution in [0.2, 0.25) is 0 Å². The van der Waals surface area contributed by atoms with Gasteiger partial charge in [0.05, 0.1) is 10.6 Å². The molecule has 0 unspecified atom stereocenters. The van der Waals surface area contributed by atoms with Gasteiger partial charge in [0, 0.05) is 36.8 Å². The summed E-state index contributed by atoms with van der Waals surface area (Å²) < 4.78 is 25.7. The van der Waals surface area contributed by atoms with Crippen molar-refractivity contribution < 1.29 is 13.6 Å². The molecule has 0 atom stereocenters. The molecule has 0 bridgehead atoms. The molecule has 2 aliphatic heterocycles. The molecule has 2 aliphatic rings. The van der Waals surface area contributed by atoms with Gasteiger partial charge in [-0.2, -0.15) is 0 Å². The van der Waals surface area contributed by atoms with Gasteiger partial charge >= 0.3 is 0 Å². The lowest BCUT2D eigenvalue weighted by Gasteiger charge is -2.33. The second-order valence-electron chi connectivity index (χ2n) is 6.37. The van der Waals surface area contributed by atoms with Gasteiger partial charge < -0.3 is 14.7 Å². The quantitative estimate of drug-likeness (QED) is 0.816. The highest BCUT2D eigenvalue weighted by atomic mass is 32.1. The zero-order valence-corrected chi connectivity index (χ0v) is 15.1. The summed E-state index contributed by atoms with van der Waals surface area (Å²) in [5.41, 5.74) is 1.53. The molecule has 4 heterocycles. The molecule has 0 N–H and O–H groups in total. The predicted molar refractivity (Wildman–Crippen MR) is 98.6 cm³/mol. The number of thiophene rings is 1. The van der Waals surface area contributed by atoms with Crippen molar-refractivity contribution in [2.75, 3.05) is 36.5 Å². The Bertz CT molecular complexity index is 878. The molecule has 0 saturated carbocycles. The molecule has 1 fully saturated rings. The maximum atomic E-state index is 12.9. The van der Waals surface area contributed by atoms with Crippen LogP contribution in [0.4, 0.5) is 20.3 Å². The molecule has 136 valence electrons. The van der Waals surface area contributed by atoms with E-state index in [4.69, 9.17) is 0 Å². The lowest BCUT2D eigenvalue weighted by atomic mass is 10.2. The number of aromatic nitrogens is 1. The average molecular weight is 376 g/mol. The highest BCUT2D eigenvalue weighted by Gasteiger charge is 2.32. The fourth-order valence-corrected chi connectivity index (χ4v) is 3.93. The Hall–Kier alpha value is -2.48. The van der Waals surface area contributed by atoms with Crippen molar-refractivity contribution in [2.24, 2.45) is 0 Å². The van der Waals surface area contributed by atoms with E-state index in [-0.39, 0.29) is 17.3 Å². The Morgan fingerprint density at radius 3 is 2.77 bits per heavy atom. The Morgan fingerprint density at radius 1 is 1.38 bits per heavy atom. The summed E-state index contributed by atoms with van der Waals surface area (Å²) in [5, 5.41) is 0. The molecule has 8 heteroatoms. The molecule has 0 spiro atoms. The third kappa shape index (κ3) is 2.74. The Morgan fingerprint density at radius 2 is 2.15 bits per heavy atom. The van der Waals surface area contributed by atoms with E-state index in [1.165, 1.54) is 6.07 Å². The fraction of sp³-hybridized carbons (Fsp3) is 0.333. The first kappa shape index (κ1) is 17.0. The molecule has 4 rings (SSSR count). The van der Waals surface area contributed by atoms with Gasteiger partial charge in [0.15, 0.2) is 5.82 Å². The number of anilines is 2. The van der Waals surface area contributed by atoms with Gasteiger partial charge in [0.2, 0.25) is 5.91 Å². The molecule has 1 saturated heterocycles. The number of alkyl halides is 2. The highest BCUT2D eigenvalue weighted by molar-refractivity contribution is 7.15. The van der Waals surface area contributed by atoms with Crippen molar-refractivity contribution in [2.45, 2.75) is 12.8 Å². The summed E-state index contributed by atoms with van der Waals surface area (Å²) in [6.45, 7) is 5.86. The van der Waals surface area contributed by atoms with Crippen LogP contribution in [-0.4, -0.2) is 42.5 Å². The Labute approximate surface area is 154 Å². The SMILES string of the molecule is C=C1N(C)c2ncc(-c3ccc(C(F)F)s3)cc2N1CC(=O)N1CCC1. The largest absolute Gasteiger partial charge is 0.341 e. The second kappa shape index (κ2) is 6.35. The zero-order chi connectivity index (χ0) is 18.4. The molecule has 26 heavy (non-hydrogen) atoms. The number of amides is 1. The minimum atomic E-state index is -2.48. The number of pyridine rings is 1. The number of fused-ring (bicyclic) bond motifs is 1. The maximum absolute atomic E-state index is 12.9. The third-order valence-corrected chi connectivity index (χ3v) is 5.92. The van der Waals surface area contributed by atoms with Gasteiger partial charge in [-0.1, -0.05) is 6.58 Å². The van der Waals surface area contributed by atoms with E-state index in [0.717, 1.165) is 47.0 Å². The number of carbonyl (C=O) groups excluding carboxylic acids is 1. The second-order valence-corrected chi connectivity index (χ2v) is 7.48. The van der Waals surface area contributed by atoms with Crippen molar-refractivity contribution in [3.05, 3.63) is 41.7 Å². The summed E-state index contributed by atoms with van der Waals surface area (Å²) in [6, 6.07) is 5.01. The summed E-state index contributed by atoms with van der Waals surface area (Å²) >= 11 is 1.05. The van der Waals surface area contributed by atoms with Crippen LogP contribution < -0.4 is 9.80 Å². The molecule has 0 aromatic carbocycles. The van der Waals surface area contributed by atoms with E-state index < -0.39 is 6.43 Å². The third-order valence-electron chi connectivity index (χ3n) is 4.78. The van der Waals surface area contributed by atoms with Gasteiger partial charge in [-0.3, -0.25) is 4.79 Å². The lowest BCUT2D eigenvalue weighted by molar-refractivity contribution is -0.132. The van der Waals surface area contributed by atoms with E-state index in [1.54, 1.807) is 12.3 Å². The molecule has 2 aromatic heterocycles. The van der Waals surface area contributed by atoms with Crippen LogP contribution in [0.15, 0.2) is 36.8 Å². The minimum absolute atomic E-state index is 0.0341. The standard InChI is InChI=1S/C18H18F2N4OS/c1-11-22(2)18-13(24(11)10-16(25)23-6-3-7-23)8-12(9-21-18)14-4-5-15(26-14)17(19)20/h4-5,8-9,17H,1,3,6-7,10H2,2H3.